The predicted octanol–water partition coefficient (Wildman–Crippen LogP) is -2.14. The molecule has 0 aliphatic carbocycles. The van der Waals surface area contributed by atoms with Crippen molar-refractivity contribution in [1.82, 2.24) is 0 Å². The Morgan fingerprint density at radius 3 is 1.12 bits per heavy atom. The van der Waals surface area contributed by atoms with Crippen molar-refractivity contribution in [2.75, 3.05) is 6.54 Å². The summed E-state index contributed by atoms with van der Waals surface area (Å²) in [5.41, 5.74) is 3.10. The first-order chi connectivity index (χ1) is 7.62. The van der Waals surface area contributed by atoms with Crippen molar-refractivity contribution in [3.8, 4) is 0 Å². The molecule has 98 valence electrons. The van der Waals surface area contributed by atoms with E-state index in [0.717, 1.165) is 0 Å². The van der Waals surface area contributed by atoms with Gasteiger partial charge in [-0.15, -0.1) is 0 Å². The maximum Gasteiger partial charge on any atom is 0.705 e. The average Bonchev–Trinajstić information content (AvgIpc) is 2.10. The van der Waals surface area contributed by atoms with Crippen molar-refractivity contribution < 1.29 is 25.6 Å². The fourth-order valence-electron chi connectivity index (χ4n) is 0.711. The molecular formula is C3H7N5O9. The zero-order valence-electron chi connectivity index (χ0n) is 8.08. The van der Waals surface area contributed by atoms with E-state index in [1.54, 1.807) is 0 Å². The second-order valence-corrected chi connectivity index (χ2v) is 2.37. The lowest BCUT2D eigenvalue weighted by molar-refractivity contribution is -0.971. The lowest BCUT2D eigenvalue weighted by Gasteiger charge is -2.05. The van der Waals surface area contributed by atoms with Gasteiger partial charge in [-0.2, -0.15) is 0 Å². The van der Waals surface area contributed by atoms with Gasteiger partial charge in [0.05, 0.1) is 11.6 Å². The molecule has 0 aliphatic heterocycles. The van der Waals surface area contributed by atoms with Gasteiger partial charge in [-0.1, -0.05) is 0 Å². The number of hydrogen-bond donors (Lipinski definition) is 1. The summed E-state index contributed by atoms with van der Waals surface area (Å²) >= 11 is 0. The highest BCUT2D eigenvalue weighted by molar-refractivity contribution is 4.51. The number of nitro groups is 3. The third kappa shape index (κ3) is 4.60. The molecule has 0 heterocycles. The van der Waals surface area contributed by atoms with Crippen molar-refractivity contribution in [3.05, 3.63) is 45.7 Å². The highest BCUT2D eigenvalue weighted by atomic mass is 16.9. The molecule has 0 unspecified atom stereocenters. The number of quaternary nitrogens is 1. The second kappa shape index (κ2) is 6.77. The molecule has 3 N–H and O–H groups in total. The Bertz CT molecular complexity index is 287. The van der Waals surface area contributed by atoms with Crippen LogP contribution < -0.4 is 5.73 Å². The average molecular weight is 257 g/mol. The summed E-state index contributed by atoms with van der Waals surface area (Å²) in [6.45, 7) is -0.261. The number of nitrogens with zero attached hydrogens (tertiary/aromatic N) is 4. The highest BCUT2D eigenvalue weighted by Gasteiger charge is 2.70. The van der Waals surface area contributed by atoms with Crippen molar-refractivity contribution in [1.29, 1.82) is 0 Å². The lowest BCUT2D eigenvalue weighted by Crippen LogP contribution is -2.60. The van der Waals surface area contributed by atoms with Gasteiger partial charge in [0.2, 0.25) is 6.42 Å². The Hall–Kier alpha value is -2.64. The molecule has 0 atom stereocenters. The molecule has 0 aromatic heterocycles. The zero-order valence-corrected chi connectivity index (χ0v) is 8.08. The van der Waals surface area contributed by atoms with Gasteiger partial charge in [-0.05, 0) is 0 Å². The SMILES string of the molecule is O=[N+]([O-])[O-].[NH3+]CCC([N+](=O)[O-])([N+](=O)[O-])[N+](=O)[O-]. The van der Waals surface area contributed by atoms with Crippen LogP contribution >= 0.6 is 0 Å². The van der Waals surface area contributed by atoms with E-state index in [1.165, 1.54) is 0 Å². The topological polar surface area (TPSA) is 223 Å². The standard InChI is InChI=1S/C3H6N4O6.NO3/c4-2-1-3(5(8)9,6(10)11)7(12)13;2-1(3)4/h1-2,4H2;/q;-1/p+1. The summed E-state index contributed by atoms with van der Waals surface area (Å²) in [5.74, 6) is -3.35. The van der Waals surface area contributed by atoms with Crippen LogP contribution in [0.2, 0.25) is 0 Å². The van der Waals surface area contributed by atoms with Crippen molar-refractivity contribution >= 4 is 0 Å². The van der Waals surface area contributed by atoms with Crippen LogP contribution in [0.15, 0.2) is 0 Å². The normalized spacial score (nSPS) is 9.71. The van der Waals surface area contributed by atoms with Crippen LogP contribution in [-0.4, -0.2) is 32.2 Å². The van der Waals surface area contributed by atoms with Crippen molar-refractivity contribution in [2.45, 2.75) is 12.2 Å². The highest BCUT2D eigenvalue weighted by Crippen LogP contribution is 2.15. The van der Waals surface area contributed by atoms with Crippen LogP contribution in [0.4, 0.5) is 0 Å². The third-order valence-corrected chi connectivity index (χ3v) is 1.39. The number of rotatable bonds is 5. The molecule has 17 heavy (non-hydrogen) atoms. The Kier molecular flexibility index (Phi) is 6.68. The Morgan fingerprint density at radius 1 is 0.824 bits per heavy atom. The molecule has 0 aliphatic rings. The van der Waals surface area contributed by atoms with Gasteiger partial charge >= 0.3 is 5.79 Å². The molecule has 0 saturated carbocycles. The smallest absolute Gasteiger partial charge is 0.357 e. The van der Waals surface area contributed by atoms with Gasteiger partial charge in [0.1, 0.15) is 0 Å². The first kappa shape index (κ1) is 16.8. The zero-order chi connectivity index (χ0) is 14.2. The first-order valence-electron chi connectivity index (χ1n) is 3.67. The van der Waals surface area contributed by atoms with Crippen LogP contribution in [-0.2, 0) is 0 Å². The van der Waals surface area contributed by atoms with Crippen LogP contribution in [0, 0.1) is 45.7 Å². The summed E-state index contributed by atoms with van der Waals surface area (Å²) < 4.78 is 0. The molecule has 0 bridgehead atoms. The lowest BCUT2D eigenvalue weighted by atomic mass is 10.2. The van der Waals surface area contributed by atoms with E-state index < -0.39 is 32.1 Å². The van der Waals surface area contributed by atoms with E-state index in [9.17, 15) is 30.3 Å². The minimum absolute atomic E-state index is 0.261. The molecule has 0 radical (unpaired) electrons. The summed E-state index contributed by atoms with van der Waals surface area (Å²) in [6.07, 6.45) is -0.833. The van der Waals surface area contributed by atoms with E-state index in [-0.39, 0.29) is 6.54 Å². The quantitative estimate of drug-likeness (QED) is 0.321. The molecule has 0 aromatic rings. The maximum atomic E-state index is 10.2. The number of hydrogen-bond acceptors (Lipinski definition) is 9. The van der Waals surface area contributed by atoms with E-state index in [4.69, 9.17) is 15.3 Å². The molecule has 0 amide bonds. The van der Waals surface area contributed by atoms with Crippen molar-refractivity contribution in [3.63, 3.8) is 0 Å². The van der Waals surface area contributed by atoms with E-state index in [0.29, 0.717) is 0 Å². The molecule has 14 nitrogen and oxygen atoms in total. The van der Waals surface area contributed by atoms with Crippen LogP contribution in [0.3, 0.4) is 0 Å². The molecule has 14 heteroatoms. The second-order valence-electron chi connectivity index (χ2n) is 2.37. The molecule has 0 spiro atoms. The Morgan fingerprint density at radius 2 is 1.06 bits per heavy atom. The van der Waals surface area contributed by atoms with E-state index in [2.05, 4.69) is 5.73 Å². The summed E-state index contributed by atoms with van der Waals surface area (Å²) in [4.78, 5) is 34.3. The van der Waals surface area contributed by atoms with Gasteiger partial charge < -0.3 is 21.1 Å². The monoisotopic (exact) mass is 257 g/mol. The molecular weight excluding hydrogens is 250 g/mol. The predicted molar refractivity (Wildman–Crippen MR) is 46.4 cm³/mol. The van der Waals surface area contributed by atoms with E-state index in [1.807, 2.05) is 0 Å². The maximum absolute atomic E-state index is 10.2. The molecule has 0 aromatic carbocycles. The van der Waals surface area contributed by atoms with Gasteiger partial charge in [-0.3, -0.25) is 30.3 Å². The largest absolute Gasteiger partial charge is 0.705 e. The van der Waals surface area contributed by atoms with Crippen LogP contribution in [0.1, 0.15) is 6.42 Å². The van der Waals surface area contributed by atoms with Crippen LogP contribution in [0.5, 0.6) is 0 Å². The Balaban J connectivity index is 0. The summed E-state index contributed by atoms with van der Waals surface area (Å²) in [7, 11) is 0. The van der Waals surface area contributed by atoms with Crippen molar-refractivity contribution in [2.24, 2.45) is 0 Å². The minimum atomic E-state index is -3.35. The van der Waals surface area contributed by atoms with Gasteiger partial charge in [0.15, 0.2) is 14.8 Å². The molecule has 0 rings (SSSR count). The molecule has 0 fully saturated rings. The van der Waals surface area contributed by atoms with Gasteiger partial charge in [-0.25, -0.2) is 0 Å². The third-order valence-electron chi connectivity index (χ3n) is 1.39. The minimum Gasteiger partial charge on any atom is -0.357 e. The fourth-order valence-corrected chi connectivity index (χ4v) is 0.711. The Labute approximate surface area is 91.2 Å². The van der Waals surface area contributed by atoms with Crippen LogP contribution in [0.25, 0.3) is 0 Å². The van der Waals surface area contributed by atoms with E-state index >= 15 is 0 Å². The summed E-state index contributed by atoms with van der Waals surface area (Å²) in [5, 5.41) is 45.3. The summed E-state index contributed by atoms with van der Waals surface area (Å²) in [6, 6.07) is 0. The molecule has 0 saturated heterocycles. The van der Waals surface area contributed by atoms with Gasteiger partial charge in [0.25, 0.3) is 0 Å². The van der Waals surface area contributed by atoms with Gasteiger partial charge in [0, 0.05) is 0 Å². The fraction of sp³-hybridized carbons (Fsp3) is 1.00. The first-order valence-corrected chi connectivity index (χ1v) is 3.67.